The number of H-pyrrole nitrogens is 1. The first-order chi connectivity index (χ1) is 15.0. The summed E-state index contributed by atoms with van der Waals surface area (Å²) in [4.78, 5) is 42.0. The van der Waals surface area contributed by atoms with Crippen LogP contribution in [0.15, 0.2) is 42.0 Å². The smallest absolute Gasteiger partial charge is 0.414 e. The van der Waals surface area contributed by atoms with Crippen LogP contribution in [-0.4, -0.2) is 52.2 Å². The number of nitrogens with one attached hydrogen (secondary N) is 2. The number of thiophene rings is 1. The molecule has 2 N–H and O–H groups in total. The van der Waals surface area contributed by atoms with Crippen LogP contribution in [0, 0.1) is 5.82 Å². The normalized spacial score (nSPS) is 15.7. The summed E-state index contributed by atoms with van der Waals surface area (Å²) >= 11 is 1.34. The summed E-state index contributed by atoms with van der Waals surface area (Å²) in [5.41, 5.74) is 0.566. The molecule has 0 aliphatic carbocycles. The molecule has 11 heteroatoms. The maximum Gasteiger partial charge on any atom is 0.414 e. The molecular formula is C20H18FN5O4S. The largest absolute Gasteiger partial charge is 0.442 e. The van der Waals surface area contributed by atoms with Gasteiger partial charge in [0.2, 0.25) is 5.91 Å². The van der Waals surface area contributed by atoms with Gasteiger partial charge in [-0.15, -0.1) is 11.3 Å². The summed E-state index contributed by atoms with van der Waals surface area (Å²) < 4.78 is 19.7. The van der Waals surface area contributed by atoms with Crippen LogP contribution in [0.5, 0.6) is 0 Å². The van der Waals surface area contributed by atoms with Gasteiger partial charge in [-0.2, -0.15) is 5.10 Å². The second kappa shape index (κ2) is 9.04. The molecule has 1 fully saturated rings. The number of amides is 2. The van der Waals surface area contributed by atoms with Crippen LogP contribution in [0.3, 0.4) is 0 Å². The van der Waals surface area contributed by atoms with Crippen LogP contribution >= 0.6 is 11.3 Å². The van der Waals surface area contributed by atoms with Crippen molar-refractivity contribution in [2.45, 2.75) is 18.9 Å². The third kappa shape index (κ3) is 4.77. The standard InChI is InChI=1S/C20H18FN5O4S/c21-15-8-12(3-4-14(15)19-23-11-24-25-19)26-10-13(30-20(26)29)9-22-18(28)6-5-16(27)17-2-1-7-31-17/h1-4,7-8,11,13H,5-6,9-10H2,(H,22,28)(H,23,24,25)/t13-/m0/s1. The summed E-state index contributed by atoms with van der Waals surface area (Å²) in [6, 6.07) is 7.80. The summed E-state index contributed by atoms with van der Waals surface area (Å²) in [7, 11) is 0. The Morgan fingerprint density at radius 1 is 1.32 bits per heavy atom. The van der Waals surface area contributed by atoms with Crippen LogP contribution in [-0.2, 0) is 9.53 Å². The van der Waals surface area contributed by atoms with Gasteiger partial charge in [0, 0.05) is 12.8 Å². The van der Waals surface area contributed by atoms with E-state index in [1.807, 2.05) is 0 Å². The molecule has 0 unspecified atom stereocenters. The van der Waals surface area contributed by atoms with E-state index in [2.05, 4.69) is 20.5 Å². The van der Waals surface area contributed by atoms with Crippen molar-refractivity contribution in [1.29, 1.82) is 0 Å². The molecule has 0 bridgehead atoms. The van der Waals surface area contributed by atoms with Crippen molar-refractivity contribution in [3.05, 3.63) is 52.7 Å². The van der Waals surface area contributed by atoms with E-state index in [1.165, 1.54) is 34.7 Å². The van der Waals surface area contributed by atoms with Crippen molar-refractivity contribution in [2.75, 3.05) is 18.0 Å². The molecule has 160 valence electrons. The number of ketones is 1. The van der Waals surface area contributed by atoms with Crippen LogP contribution in [0.1, 0.15) is 22.5 Å². The monoisotopic (exact) mass is 443 g/mol. The molecule has 1 atom stereocenters. The molecule has 0 saturated carbocycles. The molecule has 2 aromatic heterocycles. The quantitative estimate of drug-likeness (QED) is 0.517. The van der Waals surface area contributed by atoms with Crippen LogP contribution in [0.4, 0.5) is 14.9 Å². The molecule has 1 saturated heterocycles. The van der Waals surface area contributed by atoms with Gasteiger partial charge < -0.3 is 10.1 Å². The van der Waals surface area contributed by atoms with Crippen LogP contribution < -0.4 is 10.2 Å². The highest BCUT2D eigenvalue weighted by Crippen LogP contribution is 2.27. The van der Waals surface area contributed by atoms with Crippen molar-refractivity contribution in [2.24, 2.45) is 0 Å². The number of cyclic esters (lactones) is 1. The second-order valence-electron chi connectivity index (χ2n) is 6.82. The summed E-state index contributed by atoms with van der Waals surface area (Å²) in [6.45, 7) is 0.265. The van der Waals surface area contributed by atoms with Crippen molar-refractivity contribution in [3.8, 4) is 11.4 Å². The number of carbonyl (C=O) groups is 3. The fourth-order valence-electron chi connectivity index (χ4n) is 3.14. The van der Waals surface area contributed by atoms with Gasteiger partial charge in [-0.05, 0) is 29.6 Å². The number of aromatic nitrogens is 3. The zero-order chi connectivity index (χ0) is 21.8. The predicted octanol–water partition coefficient (Wildman–Crippen LogP) is 2.78. The third-order valence-corrected chi connectivity index (χ3v) is 5.62. The zero-order valence-corrected chi connectivity index (χ0v) is 17.0. The average molecular weight is 443 g/mol. The van der Waals surface area contributed by atoms with Gasteiger partial charge in [0.05, 0.1) is 29.2 Å². The highest BCUT2D eigenvalue weighted by molar-refractivity contribution is 7.12. The summed E-state index contributed by atoms with van der Waals surface area (Å²) in [5.74, 6) is -0.665. The Kier molecular flexibility index (Phi) is 6.03. The molecule has 1 aromatic carbocycles. The molecule has 3 heterocycles. The van der Waals surface area contributed by atoms with Gasteiger partial charge in [-0.1, -0.05) is 6.07 Å². The second-order valence-corrected chi connectivity index (χ2v) is 7.77. The molecule has 0 radical (unpaired) electrons. The van der Waals surface area contributed by atoms with Gasteiger partial charge in [-0.3, -0.25) is 19.6 Å². The number of hydrogen-bond acceptors (Lipinski definition) is 7. The highest BCUT2D eigenvalue weighted by Gasteiger charge is 2.33. The van der Waals surface area contributed by atoms with E-state index < -0.39 is 18.0 Å². The lowest BCUT2D eigenvalue weighted by molar-refractivity contribution is -0.121. The minimum atomic E-state index is -0.626. The number of halogens is 1. The Morgan fingerprint density at radius 3 is 2.90 bits per heavy atom. The summed E-state index contributed by atoms with van der Waals surface area (Å²) in [5, 5.41) is 10.8. The van der Waals surface area contributed by atoms with Crippen LogP contribution in [0.25, 0.3) is 11.4 Å². The van der Waals surface area contributed by atoms with Gasteiger partial charge >= 0.3 is 6.09 Å². The minimum absolute atomic E-state index is 0.0510. The first kappa shape index (κ1) is 20.7. The Hall–Kier alpha value is -3.60. The van der Waals surface area contributed by atoms with E-state index in [9.17, 15) is 18.8 Å². The fourth-order valence-corrected chi connectivity index (χ4v) is 3.84. The molecule has 3 aromatic rings. The number of benzene rings is 1. The lowest BCUT2D eigenvalue weighted by atomic mass is 10.1. The Labute approximate surface area is 180 Å². The third-order valence-electron chi connectivity index (χ3n) is 4.71. The van der Waals surface area contributed by atoms with E-state index in [1.54, 1.807) is 23.6 Å². The topological polar surface area (TPSA) is 117 Å². The number of Topliss-reactive ketones (excluding diaryl/α,β-unsaturated/α-hetero) is 1. The fraction of sp³-hybridized carbons (Fsp3) is 0.250. The number of anilines is 1. The maximum atomic E-state index is 14.4. The van der Waals surface area contributed by atoms with E-state index in [0.717, 1.165) is 0 Å². The number of ether oxygens (including phenoxy) is 1. The molecule has 2 amide bonds. The lowest BCUT2D eigenvalue weighted by Gasteiger charge is -2.14. The van der Waals surface area contributed by atoms with Crippen molar-refractivity contribution < 1.29 is 23.5 Å². The number of rotatable bonds is 8. The van der Waals surface area contributed by atoms with Crippen molar-refractivity contribution >= 4 is 34.8 Å². The molecule has 1 aliphatic rings. The molecule has 31 heavy (non-hydrogen) atoms. The Morgan fingerprint density at radius 2 is 2.19 bits per heavy atom. The summed E-state index contributed by atoms with van der Waals surface area (Å²) in [6.07, 6.45) is 0.229. The first-order valence-electron chi connectivity index (χ1n) is 9.48. The number of carbonyl (C=O) groups excluding carboxylic acids is 3. The van der Waals surface area contributed by atoms with E-state index in [0.29, 0.717) is 10.6 Å². The Balaban J connectivity index is 1.29. The first-order valence-corrected chi connectivity index (χ1v) is 10.4. The van der Waals surface area contributed by atoms with Gasteiger partial charge in [0.25, 0.3) is 0 Å². The van der Waals surface area contributed by atoms with E-state index in [4.69, 9.17) is 4.74 Å². The number of hydrogen-bond donors (Lipinski definition) is 2. The van der Waals surface area contributed by atoms with Crippen LogP contribution in [0.2, 0.25) is 0 Å². The molecular weight excluding hydrogens is 425 g/mol. The molecule has 0 spiro atoms. The van der Waals surface area contributed by atoms with Gasteiger partial charge in [0.1, 0.15) is 18.2 Å². The van der Waals surface area contributed by atoms with E-state index in [-0.39, 0.29) is 49.0 Å². The zero-order valence-electron chi connectivity index (χ0n) is 16.2. The molecule has 9 nitrogen and oxygen atoms in total. The highest BCUT2D eigenvalue weighted by atomic mass is 32.1. The number of aromatic amines is 1. The average Bonchev–Trinajstić information content (AvgIpc) is 3.52. The van der Waals surface area contributed by atoms with Gasteiger partial charge in [-0.25, -0.2) is 14.2 Å². The van der Waals surface area contributed by atoms with Crippen molar-refractivity contribution in [3.63, 3.8) is 0 Å². The molecule has 4 rings (SSSR count). The van der Waals surface area contributed by atoms with Crippen molar-refractivity contribution in [1.82, 2.24) is 20.5 Å². The Bertz CT molecular complexity index is 1090. The predicted molar refractivity (Wildman–Crippen MR) is 110 cm³/mol. The van der Waals surface area contributed by atoms with Gasteiger partial charge in [0.15, 0.2) is 11.6 Å². The lowest BCUT2D eigenvalue weighted by Crippen LogP contribution is -2.34. The maximum absolute atomic E-state index is 14.4. The SMILES string of the molecule is O=C(CCC(=O)c1cccs1)NC[C@H]1CN(c2ccc(-c3ncn[nH]3)c(F)c2)C(=O)O1. The molecule has 1 aliphatic heterocycles. The number of nitrogens with zero attached hydrogens (tertiary/aromatic N) is 3. The van der Waals surface area contributed by atoms with E-state index >= 15 is 0 Å². The minimum Gasteiger partial charge on any atom is -0.442 e.